The van der Waals surface area contributed by atoms with Gasteiger partial charge in [-0.05, 0) is 30.3 Å². The molecule has 2 aromatic heterocycles. The van der Waals surface area contributed by atoms with E-state index in [1.807, 2.05) is 41.9 Å². The van der Waals surface area contributed by atoms with Gasteiger partial charge in [0.05, 0.1) is 17.3 Å². The molecule has 0 unspecified atom stereocenters. The lowest BCUT2D eigenvalue weighted by molar-refractivity contribution is 0.574. The molecular weight excluding hydrogens is 224 g/mol. The van der Waals surface area contributed by atoms with Crippen LogP contribution in [0.15, 0.2) is 41.0 Å². The van der Waals surface area contributed by atoms with Gasteiger partial charge in [0, 0.05) is 12.1 Å². The molecule has 0 aliphatic heterocycles. The van der Waals surface area contributed by atoms with Gasteiger partial charge in [0.2, 0.25) is 0 Å². The zero-order valence-electron chi connectivity index (χ0n) is 8.64. The first-order chi connectivity index (χ1) is 7.75. The molecule has 0 spiro atoms. The van der Waals surface area contributed by atoms with Crippen LogP contribution in [0.25, 0.3) is 22.6 Å². The fourth-order valence-electron chi connectivity index (χ4n) is 1.80. The number of nitrogens with zero attached hydrogens (tertiary/aromatic N) is 2. The van der Waals surface area contributed by atoms with E-state index >= 15 is 0 Å². The number of furan rings is 1. The van der Waals surface area contributed by atoms with Crippen molar-refractivity contribution in [2.24, 2.45) is 7.05 Å². The Labute approximate surface area is 97.3 Å². The maximum absolute atomic E-state index is 5.93. The van der Waals surface area contributed by atoms with Crippen molar-refractivity contribution in [2.45, 2.75) is 0 Å². The molecule has 1 aromatic carbocycles. The van der Waals surface area contributed by atoms with Crippen molar-refractivity contribution in [3.63, 3.8) is 0 Å². The fraction of sp³-hybridized carbons (Fsp3) is 0.0833. The molecule has 0 bridgehead atoms. The summed E-state index contributed by atoms with van der Waals surface area (Å²) in [5.41, 5.74) is 1.91. The molecule has 16 heavy (non-hydrogen) atoms. The third-order valence-corrected chi connectivity index (χ3v) is 2.82. The number of hydrogen-bond acceptors (Lipinski definition) is 2. The number of aromatic nitrogens is 2. The molecule has 0 aliphatic carbocycles. The van der Waals surface area contributed by atoms with E-state index in [-0.39, 0.29) is 0 Å². The van der Waals surface area contributed by atoms with Crippen LogP contribution in [0.5, 0.6) is 0 Å². The molecule has 0 atom stereocenters. The number of fused-ring (bicyclic) bond motifs is 1. The molecule has 0 saturated carbocycles. The average molecular weight is 233 g/mol. The summed E-state index contributed by atoms with van der Waals surface area (Å²) in [5, 5.41) is 0.691. The number of imidazole rings is 1. The van der Waals surface area contributed by atoms with Gasteiger partial charge in [-0.2, -0.15) is 0 Å². The highest BCUT2D eigenvalue weighted by Crippen LogP contribution is 2.25. The Morgan fingerprint density at radius 3 is 2.94 bits per heavy atom. The molecule has 3 rings (SSSR count). The van der Waals surface area contributed by atoms with E-state index in [1.165, 1.54) is 0 Å². The number of hydrogen-bond donors (Lipinski definition) is 0. The maximum atomic E-state index is 5.93. The molecule has 80 valence electrons. The summed E-state index contributed by atoms with van der Waals surface area (Å²) in [6.45, 7) is 0. The highest BCUT2D eigenvalue weighted by molar-refractivity contribution is 6.31. The monoisotopic (exact) mass is 232 g/mol. The summed E-state index contributed by atoms with van der Waals surface area (Å²) in [5.74, 6) is 1.57. The predicted molar refractivity (Wildman–Crippen MR) is 63.4 cm³/mol. The van der Waals surface area contributed by atoms with Crippen molar-refractivity contribution >= 4 is 22.6 Å². The van der Waals surface area contributed by atoms with Gasteiger partial charge >= 0.3 is 0 Å². The lowest BCUT2D eigenvalue weighted by Gasteiger charge is -1.98. The Hall–Kier alpha value is -1.74. The van der Waals surface area contributed by atoms with Gasteiger partial charge in [0.15, 0.2) is 11.6 Å². The summed E-state index contributed by atoms with van der Waals surface area (Å²) < 4.78 is 7.33. The molecule has 0 fully saturated rings. The summed E-state index contributed by atoms with van der Waals surface area (Å²) in [6, 6.07) is 9.41. The zero-order valence-corrected chi connectivity index (χ0v) is 9.40. The van der Waals surface area contributed by atoms with Gasteiger partial charge in [-0.3, -0.25) is 0 Å². The number of rotatable bonds is 1. The Balaban J connectivity index is 2.31. The smallest absolute Gasteiger partial charge is 0.176 e. The van der Waals surface area contributed by atoms with E-state index in [1.54, 1.807) is 6.26 Å². The van der Waals surface area contributed by atoms with E-state index in [2.05, 4.69) is 4.98 Å². The highest BCUT2D eigenvalue weighted by atomic mass is 35.5. The van der Waals surface area contributed by atoms with Gasteiger partial charge in [-0.25, -0.2) is 4.98 Å². The second-order valence-electron chi connectivity index (χ2n) is 3.60. The van der Waals surface area contributed by atoms with Crippen molar-refractivity contribution in [3.05, 3.63) is 41.6 Å². The van der Waals surface area contributed by atoms with E-state index < -0.39 is 0 Å². The maximum Gasteiger partial charge on any atom is 0.176 e. The van der Waals surface area contributed by atoms with E-state index in [9.17, 15) is 0 Å². The van der Waals surface area contributed by atoms with Crippen LogP contribution in [0.3, 0.4) is 0 Å². The molecular formula is C12H9ClN2O. The average Bonchev–Trinajstić information content (AvgIpc) is 2.86. The Bertz CT molecular complexity index is 640. The molecule has 0 aliphatic rings. The largest absolute Gasteiger partial charge is 0.461 e. The molecule has 0 saturated heterocycles. The van der Waals surface area contributed by atoms with E-state index in [0.717, 1.165) is 22.6 Å². The minimum atomic E-state index is 0.691. The predicted octanol–water partition coefficient (Wildman–Crippen LogP) is 3.49. The molecule has 3 nitrogen and oxygen atoms in total. The van der Waals surface area contributed by atoms with Crippen LogP contribution in [0.4, 0.5) is 0 Å². The first kappa shape index (κ1) is 9.48. The van der Waals surface area contributed by atoms with E-state index in [4.69, 9.17) is 16.0 Å². The zero-order chi connectivity index (χ0) is 11.1. The molecule has 0 N–H and O–H groups in total. The van der Waals surface area contributed by atoms with Crippen molar-refractivity contribution in [3.8, 4) is 11.6 Å². The minimum Gasteiger partial charge on any atom is -0.461 e. The normalized spacial score (nSPS) is 11.1. The number of benzene rings is 1. The second-order valence-corrected chi connectivity index (χ2v) is 4.04. The topological polar surface area (TPSA) is 31.0 Å². The first-order valence-electron chi connectivity index (χ1n) is 4.91. The minimum absolute atomic E-state index is 0.691. The number of halogens is 1. The van der Waals surface area contributed by atoms with Crippen LogP contribution >= 0.6 is 11.6 Å². The van der Waals surface area contributed by atoms with Gasteiger partial charge in [0.1, 0.15) is 0 Å². The van der Waals surface area contributed by atoms with Gasteiger partial charge in [-0.1, -0.05) is 11.6 Å². The molecule has 3 aromatic rings. The Morgan fingerprint density at radius 1 is 1.31 bits per heavy atom. The van der Waals surface area contributed by atoms with Gasteiger partial charge in [0.25, 0.3) is 0 Å². The Kier molecular flexibility index (Phi) is 2.01. The van der Waals surface area contributed by atoms with Crippen molar-refractivity contribution in [1.29, 1.82) is 0 Å². The van der Waals surface area contributed by atoms with Crippen LogP contribution in [0.2, 0.25) is 5.02 Å². The summed E-state index contributed by atoms with van der Waals surface area (Å²) >= 11 is 5.93. The third-order valence-electron chi connectivity index (χ3n) is 2.58. The summed E-state index contributed by atoms with van der Waals surface area (Å²) in [7, 11) is 1.96. The van der Waals surface area contributed by atoms with Crippen molar-refractivity contribution in [1.82, 2.24) is 9.55 Å². The molecule has 2 heterocycles. The van der Waals surface area contributed by atoms with Crippen molar-refractivity contribution < 1.29 is 4.42 Å². The lowest BCUT2D eigenvalue weighted by atomic mass is 10.3. The molecule has 4 heteroatoms. The van der Waals surface area contributed by atoms with Crippen LogP contribution < -0.4 is 0 Å². The summed E-state index contributed by atoms with van der Waals surface area (Å²) in [6.07, 6.45) is 1.64. The van der Waals surface area contributed by atoms with Gasteiger partial charge < -0.3 is 8.98 Å². The van der Waals surface area contributed by atoms with Crippen molar-refractivity contribution in [2.75, 3.05) is 0 Å². The SMILES string of the molecule is Cn1c(-c2ccco2)nc2cc(Cl)ccc21. The third kappa shape index (κ3) is 1.32. The van der Waals surface area contributed by atoms with Crippen LogP contribution in [0, 0.1) is 0 Å². The number of aryl methyl sites for hydroxylation is 1. The second kappa shape index (κ2) is 3.39. The lowest BCUT2D eigenvalue weighted by Crippen LogP contribution is -1.90. The molecule has 0 radical (unpaired) electrons. The first-order valence-corrected chi connectivity index (χ1v) is 5.29. The fourth-order valence-corrected chi connectivity index (χ4v) is 1.97. The highest BCUT2D eigenvalue weighted by Gasteiger charge is 2.11. The van der Waals surface area contributed by atoms with E-state index in [0.29, 0.717) is 5.02 Å². The quantitative estimate of drug-likeness (QED) is 0.643. The standard InChI is InChI=1S/C12H9ClN2O/c1-15-10-5-4-8(13)7-9(10)14-12(15)11-3-2-6-16-11/h2-7H,1H3. The Morgan fingerprint density at radius 2 is 2.19 bits per heavy atom. The summed E-state index contributed by atoms with van der Waals surface area (Å²) in [4.78, 5) is 4.50. The van der Waals surface area contributed by atoms with Crippen LogP contribution in [0.1, 0.15) is 0 Å². The van der Waals surface area contributed by atoms with Crippen LogP contribution in [-0.2, 0) is 7.05 Å². The van der Waals surface area contributed by atoms with Gasteiger partial charge in [-0.15, -0.1) is 0 Å². The van der Waals surface area contributed by atoms with Crippen LogP contribution in [-0.4, -0.2) is 9.55 Å². The molecule has 0 amide bonds.